The summed E-state index contributed by atoms with van der Waals surface area (Å²) in [4.78, 5) is 0. The minimum absolute atomic E-state index is 0.203. The van der Waals surface area contributed by atoms with Crippen molar-refractivity contribution < 1.29 is 23.7 Å². The summed E-state index contributed by atoms with van der Waals surface area (Å²) in [5.74, 6) is -1.18. The Hall–Kier alpha value is -0.200. The number of rotatable bonds is 17. The highest BCUT2D eigenvalue weighted by atomic mass is 16.9. The summed E-state index contributed by atoms with van der Waals surface area (Å²) in [7, 11) is 4.89. The number of methoxy groups -OCH3 is 3. The molecule has 1 unspecified atom stereocenters. The van der Waals surface area contributed by atoms with Gasteiger partial charge in [0, 0.05) is 21.3 Å². The standard InChI is InChI=1S/C20H40O5/c1-6-8-10-11-12-13-15-19(14-9-7-2,25-17-18-16-24-18)20(21-3,22-4)23-5/h18H,6-17H2,1-5H3/t18?,19-/m1/s1. The minimum atomic E-state index is -1.18. The molecule has 0 amide bonds. The lowest BCUT2D eigenvalue weighted by Crippen LogP contribution is -2.60. The molecule has 0 spiro atoms. The number of epoxide rings is 1. The van der Waals surface area contributed by atoms with E-state index in [1.165, 1.54) is 32.1 Å². The van der Waals surface area contributed by atoms with Gasteiger partial charge in [-0.2, -0.15) is 0 Å². The van der Waals surface area contributed by atoms with Gasteiger partial charge >= 0.3 is 5.97 Å². The predicted octanol–water partition coefficient (Wildman–Crippen LogP) is 4.67. The first kappa shape index (κ1) is 22.8. The van der Waals surface area contributed by atoms with Crippen molar-refractivity contribution in [1.29, 1.82) is 0 Å². The summed E-state index contributed by atoms with van der Waals surface area (Å²) in [6.07, 6.45) is 11.5. The Balaban J connectivity index is 2.80. The van der Waals surface area contributed by atoms with E-state index < -0.39 is 11.6 Å². The summed E-state index contributed by atoms with van der Waals surface area (Å²) in [5.41, 5.74) is -0.613. The topological polar surface area (TPSA) is 49.5 Å². The van der Waals surface area contributed by atoms with E-state index in [0.717, 1.165) is 38.7 Å². The monoisotopic (exact) mass is 360 g/mol. The lowest BCUT2D eigenvalue weighted by molar-refractivity contribution is -0.429. The fourth-order valence-corrected chi connectivity index (χ4v) is 3.54. The Bertz CT molecular complexity index is 320. The smallest absolute Gasteiger partial charge is 0.313 e. The van der Waals surface area contributed by atoms with Gasteiger partial charge in [0.2, 0.25) is 0 Å². The van der Waals surface area contributed by atoms with Gasteiger partial charge in [-0.25, -0.2) is 0 Å². The molecule has 0 bridgehead atoms. The molecule has 1 rings (SSSR count). The van der Waals surface area contributed by atoms with Crippen LogP contribution in [0, 0.1) is 0 Å². The van der Waals surface area contributed by atoms with Gasteiger partial charge in [-0.1, -0.05) is 65.2 Å². The van der Waals surface area contributed by atoms with E-state index in [0.29, 0.717) is 6.61 Å². The lowest BCUT2D eigenvalue weighted by atomic mass is 9.86. The first-order valence-corrected chi connectivity index (χ1v) is 10.0. The van der Waals surface area contributed by atoms with Gasteiger partial charge in [-0.15, -0.1) is 0 Å². The highest BCUT2D eigenvalue weighted by molar-refractivity contribution is 4.92. The SMILES string of the molecule is CCCCCCCC[C@@](CCCC)(OCC1CO1)C(OC)(OC)OC. The van der Waals surface area contributed by atoms with Crippen molar-refractivity contribution in [2.45, 2.75) is 95.7 Å². The summed E-state index contributed by atoms with van der Waals surface area (Å²) in [5, 5.41) is 0. The summed E-state index contributed by atoms with van der Waals surface area (Å²) in [6, 6.07) is 0. The largest absolute Gasteiger partial charge is 0.371 e. The average molecular weight is 361 g/mol. The Kier molecular flexibility index (Phi) is 11.2. The Morgan fingerprint density at radius 3 is 1.84 bits per heavy atom. The van der Waals surface area contributed by atoms with Gasteiger partial charge in [0.05, 0.1) is 13.2 Å². The number of hydrogen-bond acceptors (Lipinski definition) is 5. The number of hydrogen-bond donors (Lipinski definition) is 0. The van der Waals surface area contributed by atoms with Gasteiger partial charge < -0.3 is 23.7 Å². The van der Waals surface area contributed by atoms with Crippen molar-refractivity contribution in [2.75, 3.05) is 34.5 Å². The summed E-state index contributed by atoms with van der Waals surface area (Å²) in [6.45, 7) is 5.78. The molecule has 2 atom stereocenters. The van der Waals surface area contributed by atoms with Crippen LogP contribution in [0.1, 0.15) is 78.1 Å². The molecule has 0 radical (unpaired) electrons. The molecular weight excluding hydrogens is 320 g/mol. The van der Waals surface area contributed by atoms with Gasteiger partial charge in [0.15, 0.2) is 0 Å². The molecule has 0 aromatic rings. The van der Waals surface area contributed by atoms with Crippen LogP contribution in [0.4, 0.5) is 0 Å². The van der Waals surface area contributed by atoms with Crippen molar-refractivity contribution in [2.24, 2.45) is 0 Å². The highest BCUT2D eigenvalue weighted by Gasteiger charge is 2.55. The fraction of sp³-hybridized carbons (Fsp3) is 1.00. The predicted molar refractivity (Wildman–Crippen MR) is 99.7 cm³/mol. The number of ether oxygens (including phenoxy) is 5. The molecule has 0 N–H and O–H groups in total. The molecule has 1 saturated heterocycles. The maximum Gasteiger partial charge on any atom is 0.313 e. The van der Waals surface area contributed by atoms with Crippen LogP contribution in [0.2, 0.25) is 0 Å². The van der Waals surface area contributed by atoms with Crippen molar-refractivity contribution in [1.82, 2.24) is 0 Å². The van der Waals surface area contributed by atoms with Gasteiger partial charge in [0.25, 0.3) is 0 Å². The van der Waals surface area contributed by atoms with Crippen LogP contribution in [0.3, 0.4) is 0 Å². The third-order valence-electron chi connectivity index (χ3n) is 5.18. The molecule has 1 aliphatic heterocycles. The van der Waals surface area contributed by atoms with Crippen LogP contribution in [0.25, 0.3) is 0 Å². The van der Waals surface area contributed by atoms with Gasteiger partial charge in [-0.3, -0.25) is 0 Å². The fourth-order valence-electron chi connectivity index (χ4n) is 3.54. The molecule has 25 heavy (non-hydrogen) atoms. The van der Waals surface area contributed by atoms with Crippen LogP contribution < -0.4 is 0 Å². The maximum absolute atomic E-state index is 6.42. The van der Waals surface area contributed by atoms with Crippen LogP contribution >= 0.6 is 0 Å². The third kappa shape index (κ3) is 6.79. The average Bonchev–Trinajstić information content (AvgIpc) is 3.47. The van der Waals surface area contributed by atoms with Crippen LogP contribution in [-0.2, 0) is 23.7 Å². The molecule has 150 valence electrons. The first-order chi connectivity index (χ1) is 12.1. The van der Waals surface area contributed by atoms with E-state index in [2.05, 4.69) is 13.8 Å². The Labute approximate surface area is 154 Å². The second-order valence-corrected chi connectivity index (χ2v) is 7.05. The van der Waals surface area contributed by atoms with Crippen LogP contribution in [0.5, 0.6) is 0 Å². The van der Waals surface area contributed by atoms with Crippen LogP contribution in [-0.4, -0.2) is 52.2 Å². The molecule has 0 aromatic heterocycles. The third-order valence-corrected chi connectivity index (χ3v) is 5.18. The van der Waals surface area contributed by atoms with E-state index in [-0.39, 0.29) is 6.10 Å². The van der Waals surface area contributed by atoms with E-state index in [9.17, 15) is 0 Å². The minimum Gasteiger partial charge on any atom is -0.371 e. The van der Waals surface area contributed by atoms with Gasteiger partial charge in [-0.05, 0) is 12.8 Å². The first-order valence-electron chi connectivity index (χ1n) is 10.0. The number of unbranched alkanes of at least 4 members (excludes halogenated alkanes) is 6. The molecule has 1 heterocycles. The second-order valence-electron chi connectivity index (χ2n) is 7.05. The molecular formula is C20H40O5. The molecule has 5 nitrogen and oxygen atoms in total. The Morgan fingerprint density at radius 1 is 0.800 bits per heavy atom. The molecule has 0 saturated carbocycles. The molecule has 0 aliphatic carbocycles. The molecule has 1 aliphatic rings. The second kappa shape index (κ2) is 12.2. The quantitative estimate of drug-likeness (QED) is 0.214. The summed E-state index contributed by atoms with van der Waals surface area (Å²) >= 11 is 0. The molecule has 5 heteroatoms. The summed E-state index contributed by atoms with van der Waals surface area (Å²) < 4.78 is 29.0. The highest BCUT2D eigenvalue weighted by Crippen LogP contribution is 2.41. The normalized spacial score (nSPS) is 19.8. The van der Waals surface area contributed by atoms with Gasteiger partial charge in [0.1, 0.15) is 11.7 Å². The van der Waals surface area contributed by atoms with E-state index in [4.69, 9.17) is 23.7 Å². The zero-order valence-electron chi connectivity index (χ0n) is 17.1. The molecule has 1 fully saturated rings. The van der Waals surface area contributed by atoms with E-state index in [1.54, 1.807) is 21.3 Å². The zero-order valence-corrected chi connectivity index (χ0v) is 17.1. The van der Waals surface area contributed by atoms with E-state index in [1.807, 2.05) is 0 Å². The van der Waals surface area contributed by atoms with Crippen molar-refractivity contribution in [3.8, 4) is 0 Å². The van der Waals surface area contributed by atoms with Crippen LogP contribution in [0.15, 0.2) is 0 Å². The lowest BCUT2D eigenvalue weighted by Gasteiger charge is -2.46. The maximum atomic E-state index is 6.42. The van der Waals surface area contributed by atoms with E-state index >= 15 is 0 Å². The zero-order chi connectivity index (χ0) is 18.6. The Morgan fingerprint density at radius 2 is 1.32 bits per heavy atom. The van der Waals surface area contributed by atoms with Crippen molar-refractivity contribution >= 4 is 0 Å². The van der Waals surface area contributed by atoms with Crippen molar-refractivity contribution in [3.63, 3.8) is 0 Å². The van der Waals surface area contributed by atoms with Crippen molar-refractivity contribution in [3.05, 3.63) is 0 Å². The molecule has 0 aromatic carbocycles.